The molecule has 1 N–H and O–H groups in total. The molecule has 0 aliphatic heterocycles. The van der Waals surface area contributed by atoms with Crippen molar-refractivity contribution >= 4 is 12.4 Å². The molecule has 0 bridgehead atoms. The molecule has 1 aliphatic carbocycles. The lowest BCUT2D eigenvalue weighted by molar-refractivity contribution is 0.106. The lowest BCUT2D eigenvalue weighted by Crippen LogP contribution is -2.28. The minimum Gasteiger partial charge on any atom is -0.392 e. The van der Waals surface area contributed by atoms with Gasteiger partial charge in [0, 0.05) is 5.92 Å². The van der Waals surface area contributed by atoms with E-state index in [1.807, 2.05) is 0 Å². The molecule has 0 heterocycles. The Kier molecular flexibility index (Phi) is 4.18. The fourth-order valence-electron chi connectivity index (χ4n) is 2.58. The maximum Gasteiger partial charge on any atom is 0.0614 e. The highest BCUT2D eigenvalue weighted by atomic mass is 35.5. The average molecular weight is 227 g/mol. The summed E-state index contributed by atoms with van der Waals surface area (Å²) in [5.41, 5.74) is 2.79. The van der Waals surface area contributed by atoms with Crippen molar-refractivity contribution in [1.29, 1.82) is 0 Å². The van der Waals surface area contributed by atoms with E-state index in [-0.39, 0.29) is 18.5 Å². The van der Waals surface area contributed by atoms with Crippen molar-refractivity contribution in [2.45, 2.75) is 38.7 Å². The van der Waals surface area contributed by atoms with Gasteiger partial charge in [-0.2, -0.15) is 0 Å². The largest absolute Gasteiger partial charge is 0.392 e. The Balaban J connectivity index is 0.00000112. The fourth-order valence-corrected chi connectivity index (χ4v) is 2.58. The molecular weight excluding hydrogens is 208 g/mol. The van der Waals surface area contributed by atoms with Gasteiger partial charge >= 0.3 is 0 Å². The van der Waals surface area contributed by atoms with Gasteiger partial charge in [0.1, 0.15) is 0 Å². The van der Waals surface area contributed by atoms with Crippen LogP contribution in [0.3, 0.4) is 0 Å². The highest BCUT2D eigenvalue weighted by molar-refractivity contribution is 5.85. The molecule has 0 fully saturated rings. The summed E-state index contributed by atoms with van der Waals surface area (Å²) in [6.45, 7) is 4.38. The third-order valence-corrected chi connectivity index (χ3v) is 3.26. The van der Waals surface area contributed by atoms with Crippen LogP contribution in [0, 0.1) is 5.92 Å². The van der Waals surface area contributed by atoms with Gasteiger partial charge in [0.15, 0.2) is 0 Å². The lowest BCUT2D eigenvalue weighted by Gasteiger charge is -2.33. The summed E-state index contributed by atoms with van der Waals surface area (Å²) < 4.78 is 0. The first-order chi connectivity index (χ1) is 6.70. The highest BCUT2D eigenvalue weighted by Crippen LogP contribution is 2.36. The highest BCUT2D eigenvalue weighted by Gasteiger charge is 2.29. The quantitative estimate of drug-likeness (QED) is 0.780. The monoisotopic (exact) mass is 226 g/mol. The van der Waals surface area contributed by atoms with Crippen LogP contribution in [-0.4, -0.2) is 11.2 Å². The second-order valence-electron chi connectivity index (χ2n) is 4.57. The maximum atomic E-state index is 9.99. The molecule has 0 radical (unpaired) electrons. The second-order valence-corrected chi connectivity index (χ2v) is 4.57. The van der Waals surface area contributed by atoms with Gasteiger partial charge in [-0.15, -0.1) is 12.4 Å². The first-order valence-corrected chi connectivity index (χ1v) is 5.46. The van der Waals surface area contributed by atoms with Gasteiger partial charge in [-0.1, -0.05) is 38.1 Å². The molecule has 0 saturated carbocycles. The summed E-state index contributed by atoms with van der Waals surface area (Å²) in [4.78, 5) is 0. The van der Waals surface area contributed by atoms with E-state index in [1.54, 1.807) is 0 Å². The molecule has 1 aliphatic rings. The van der Waals surface area contributed by atoms with Crippen molar-refractivity contribution in [1.82, 2.24) is 0 Å². The number of halogens is 1. The van der Waals surface area contributed by atoms with Gasteiger partial charge in [0.05, 0.1) is 6.10 Å². The Bertz CT molecular complexity index is 322. The number of hydrogen-bond donors (Lipinski definition) is 1. The predicted molar refractivity (Wildman–Crippen MR) is 65.6 cm³/mol. The van der Waals surface area contributed by atoms with Gasteiger partial charge in [0.2, 0.25) is 0 Å². The van der Waals surface area contributed by atoms with Crippen LogP contribution >= 0.6 is 12.4 Å². The molecule has 1 aromatic rings. The standard InChI is InChI=1S/C13H18O.ClH/c1-9(2)13-11-6-4-3-5-10(11)7-8-12(13)14;/h3-6,9,12-14H,7-8H2,1-2H3;1H. The minimum absolute atomic E-state index is 0. The number of hydrogen-bond acceptors (Lipinski definition) is 1. The Morgan fingerprint density at radius 2 is 1.93 bits per heavy atom. The van der Waals surface area contributed by atoms with Crippen molar-refractivity contribution in [3.8, 4) is 0 Å². The van der Waals surface area contributed by atoms with E-state index in [0.717, 1.165) is 12.8 Å². The lowest BCUT2D eigenvalue weighted by atomic mass is 9.75. The van der Waals surface area contributed by atoms with E-state index in [9.17, 15) is 5.11 Å². The molecule has 1 nitrogen and oxygen atoms in total. The average Bonchev–Trinajstić information content (AvgIpc) is 2.17. The Hall–Kier alpha value is -0.530. The van der Waals surface area contributed by atoms with Crippen molar-refractivity contribution in [2.75, 3.05) is 0 Å². The van der Waals surface area contributed by atoms with Crippen molar-refractivity contribution in [2.24, 2.45) is 5.92 Å². The zero-order chi connectivity index (χ0) is 10.1. The Morgan fingerprint density at radius 3 is 2.60 bits per heavy atom. The van der Waals surface area contributed by atoms with Gasteiger partial charge in [-0.3, -0.25) is 0 Å². The first-order valence-electron chi connectivity index (χ1n) is 5.46. The summed E-state index contributed by atoms with van der Waals surface area (Å²) in [7, 11) is 0. The van der Waals surface area contributed by atoms with Crippen LogP contribution in [0.4, 0.5) is 0 Å². The van der Waals surface area contributed by atoms with Crippen molar-refractivity contribution in [3.63, 3.8) is 0 Å². The normalized spacial score (nSPS) is 24.5. The summed E-state index contributed by atoms with van der Waals surface area (Å²) in [6.07, 6.45) is 1.80. The van der Waals surface area contributed by atoms with Crippen LogP contribution in [0.25, 0.3) is 0 Å². The Morgan fingerprint density at radius 1 is 1.27 bits per heavy atom. The SMILES string of the molecule is CC(C)C1c2ccccc2CCC1O.Cl. The summed E-state index contributed by atoms with van der Waals surface area (Å²) >= 11 is 0. The molecule has 2 heteroatoms. The zero-order valence-corrected chi connectivity index (χ0v) is 10.1. The van der Waals surface area contributed by atoms with Crippen LogP contribution < -0.4 is 0 Å². The van der Waals surface area contributed by atoms with E-state index in [4.69, 9.17) is 0 Å². The molecule has 2 unspecified atom stereocenters. The van der Waals surface area contributed by atoms with Crippen LogP contribution in [0.5, 0.6) is 0 Å². The van der Waals surface area contributed by atoms with Crippen LogP contribution in [-0.2, 0) is 6.42 Å². The number of fused-ring (bicyclic) bond motifs is 1. The van der Waals surface area contributed by atoms with Crippen molar-refractivity contribution in [3.05, 3.63) is 35.4 Å². The van der Waals surface area contributed by atoms with Gasteiger partial charge in [0.25, 0.3) is 0 Å². The van der Waals surface area contributed by atoms with Crippen LogP contribution in [0.15, 0.2) is 24.3 Å². The molecule has 0 spiro atoms. The number of aryl methyl sites for hydroxylation is 1. The van der Waals surface area contributed by atoms with Gasteiger partial charge in [-0.05, 0) is 29.9 Å². The molecule has 2 rings (SSSR count). The molecule has 2 atom stereocenters. The molecule has 84 valence electrons. The van der Waals surface area contributed by atoms with Crippen molar-refractivity contribution < 1.29 is 5.11 Å². The molecular formula is C13H19ClO. The van der Waals surface area contributed by atoms with Crippen LogP contribution in [0.2, 0.25) is 0 Å². The molecule has 0 saturated heterocycles. The van der Waals surface area contributed by atoms with E-state index >= 15 is 0 Å². The third-order valence-electron chi connectivity index (χ3n) is 3.26. The van der Waals surface area contributed by atoms with E-state index in [1.165, 1.54) is 11.1 Å². The minimum atomic E-state index is -0.148. The topological polar surface area (TPSA) is 20.2 Å². The number of rotatable bonds is 1. The zero-order valence-electron chi connectivity index (χ0n) is 9.31. The van der Waals surface area contributed by atoms with Gasteiger partial charge in [-0.25, -0.2) is 0 Å². The third kappa shape index (κ3) is 2.35. The number of aliphatic hydroxyl groups is 1. The van der Waals surface area contributed by atoms with E-state index in [2.05, 4.69) is 38.1 Å². The molecule has 0 aromatic heterocycles. The number of benzene rings is 1. The molecule has 15 heavy (non-hydrogen) atoms. The van der Waals surface area contributed by atoms with E-state index in [0.29, 0.717) is 11.8 Å². The fraction of sp³-hybridized carbons (Fsp3) is 0.538. The second kappa shape index (κ2) is 5.00. The smallest absolute Gasteiger partial charge is 0.0614 e. The summed E-state index contributed by atoms with van der Waals surface area (Å²) in [6, 6.07) is 8.53. The Labute approximate surface area is 97.9 Å². The molecule has 1 aromatic carbocycles. The number of aliphatic hydroxyl groups excluding tert-OH is 1. The van der Waals surface area contributed by atoms with Crippen LogP contribution in [0.1, 0.15) is 37.3 Å². The van der Waals surface area contributed by atoms with Gasteiger partial charge < -0.3 is 5.11 Å². The maximum absolute atomic E-state index is 9.99. The molecule has 0 amide bonds. The first kappa shape index (κ1) is 12.5. The van der Waals surface area contributed by atoms with E-state index < -0.39 is 0 Å². The summed E-state index contributed by atoms with van der Waals surface area (Å²) in [5, 5.41) is 9.99. The predicted octanol–water partition coefficient (Wildman–Crippen LogP) is 3.16. The summed E-state index contributed by atoms with van der Waals surface area (Å²) in [5.74, 6) is 0.853.